The summed E-state index contributed by atoms with van der Waals surface area (Å²) < 4.78 is 2.82. The molecule has 5 aromatic heterocycles. The molecule has 0 aliphatic rings. The van der Waals surface area contributed by atoms with E-state index in [0.29, 0.717) is 28.3 Å². The first kappa shape index (κ1) is 14.8. The number of aromatic nitrogens is 9. The van der Waals surface area contributed by atoms with Crippen molar-refractivity contribution in [2.24, 2.45) is 0 Å². The van der Waals surface area contributed by atoms with Gasteiger partial charge in [-0.1, -0.05) is 0 Å². The van der Waals surface area contributed by atoms with Gasteiger partial charge in [0, 0.05) is 18.0 Å². The van der Waals surface area contributed by atoms with Crippen LogP contribution in [0.2, 0.25) is 0 Å². The standard InChI is InChI=1S/C18H11N9O/c28-18-26-7-5-10(16-20-13-2-1-6-19-17(13)21-16)8-15(26)24-27(18)11-3-4-12-14(9-11)23-25-22-12/h1-9H,(H,19,20,21)(H,22,23,25). The van der Waals surface area contributed by atoms with Gasteiger partial charge in [0.15, 0.2) is 11.3 Å². The average molecular weight is 369 g/mol. The molecule has 0 radical (unpaired) electrons. The molecule has 0 atom stereocenters. The smallest absolute Gasteiger partial charge is 0.337 e. The molecule has 10 nitrogen and oxygen atoms in total. The molecule has 0 spiro atoms. The first-order chi connectivity index (χ1) is 13.8. The summed E-state index contributed by atoms with van der Waals surface area (Å²) in [6.45, 7) is 0. The van der Waals surface area contributed by atoms with Crippen LogP contribution in [0.15, 0.2) is 59.7 Å². The zero-order valence-corrected chi connectivity index (χ0v) is 14.2. The lowest BCUT2D eigenvalue weighted by Crippen LogP contribution is -2.19. The lowest BCUT2D eigenvalue weighted by atomic mass is 10.2. The molecule has 0 unspecified atom stereocenters. The van der Waals surface area contributed by atoms with Crippen molar-refractivity contribution >= 4 is 27.8 Å². The van der Waals surface area contributed by atoms with Crippen molar-refractivity contribution in [2.75, 3.05) is 0 Å². The third-order valence-electron chi connectivity index (χ3n) is 4.60. The summed E-state index contributed by atoms with van der Waals surface area (Å²) in [6.07, 6.45) is 3.38. The molecule has 0 fully saturated rings. The highest BCUT2D eigenvalue weighted by atomic mass is 16.2. The maximum atomic E-state index is 12.8. The van der Waals surface area contributed by atoms with E-state index in [0.717, 1.165) is 16.6 Å². The number of nitrogens with zero attached hydrogens (tertiary/aromatic N) is 7. The number of rotatable bonds is 2. The topological polar surface area (TPSA) is 122 Å². The van der Waals surface area contributed by atoms with Gasteiger partial charge in [0.25, 0.3) is 0 Å². The van der Waals surface area contributed by atoms with Gasteiger partial charge < -0.3 is 4.98 Å². The molecule has 0 saturated heterocycles. The maximum absolute atomic E-state index is 12.8. The van der Waals surface area contributed by atoms with E-state index in [1.807, 2.05) is 24.3 Å². The van der Waals surface area contributed by atoms with Gasteiger partial charge in [0.1, 0.15) is 16.9 Å². The lowest BCUT2D eigenvalue weighted by molar-refractivity contribution is 0.839. The van der Waals surface area contributed by atoms with Gasteiger partial charge >= 0.3 is 5.69 Å². The van der Waals surface area contributed by atoms with Crippen LogP contribution in [0.5, 0.6) is 0 Å². The minimum Gasteiger partial charge on any atom is -0.337 e. The van der Waals surface area contributed by atoms with E-state index in [1.165, 1.54) is 9.08 Å². The summed E-state index contributed by atoms with van der Waals surface area (Å²) in [4.78, 5) is 24.7. The monoisotopic (exact) mass is 369 g/mol. The quantitative estimate of drug-likeness (QED) is 0.479. The number of imidazole rings is 1. The molecule has 0 saturated carbocycles. The van der Waals surface area contributed by atoms with Crippen molar-refractivity contribution < 1.29 is 0 Å². The molecule has 0 amide bonds. The molecule has 5 heterocycles. The summed E-state index contributed by atoms with van der Waals surface area (Å²) >= 11 is 0. The number of fused-ring (bicyclic) bond motifs is 3. The van der Waals surface area contributed by atoms with Gasteiger partial charge in [0.05, 0.1) is 11.2 Å². The van der Waals surface area contributed by atoms with Gasteiger partial charge in [-0.05, 0) is 42.5 Å². The van der Waals surface area contributed by atoms with E-state index in [1.54, 1.807) is 30.6 Å². The highest BCUT2D eigenvalue weighted by molar-refractivity contribution is 5.77. The maximum Gasteiger partial charge on any atom is 0.355 e. The number of hydrogen-bond acceptors (Lipinski definition) is 6. The summed E-state index contributed by atoms with van der Waals surface area (Å²) in [5.41, 5.74) is 4.55. The third-order valence-corrected chi connectivity index (χ3v) is 4.60. The number of H-pyrrole nitrogens is 2. The summed E-state index contributed by atoms with van der Waals surface area (Å²) in [5, 5.41) is 15.1. The fourth-order valence-corrected chi connectivity index (χ4v) is 3.23. The van der Waals surface area contributed by atoms with E-state index in [2.05, 4.69) is 35.5 Å². The second kappa shape index (κ2) is 5.33. The zero-order valence-electron chi connectivity index (χ0n) is 14.2. The molecule has 28 heavy (non-hydrogen) atoms. The Labute approximate surface area is 155 Å². The van der Waals surface area contributed by atoms with E-state index in [9.17, 15) is 4.79 Å². The largest absolute Gasteiger partial charge is 0.355 e. The van der Waals surface area contributed by atoms with Gasteiger partial charge in [-0.2, -0.15) is 20.1 Å². The Balaban J connectivity index is 1.51. The highest BCUT2D eigenvalue weighted by Gasteiger charge is 2.13. The Bertz CT molecular complexity index is 1520. The SMILES string of the molecule is O=c1n(-c2ccc3n[nH]nc3c2)nc2cc(-c3nc4ncccc4[nH]3)ccn12. The fraction of sp³-hybridized carbons (Fsp3) is 0. The second-order valence-corrected chi connectivity index (χ2v) is 6.29. The van der Waals surface area contributed by atoms with Crippen LogP contribution in [0.4, 0.5) is 0 Å². The van der Waals surface area contributed by atoms with Crippen molar-refractivity contribution in [3.63, 3.8) is 0 Å². The van der Waals surface area contributed by atoms with Crippen LogP contribution < -0.4 is 5.69 Å². The van der Waals surface area contributed by atoms with Gasteiger partial charge in [-0.3, -0.25) is 0 Å². The van der Waals surface area contributed by atoms with Crippen LogP contribution in [-0.2, 0) is 0 Å². The van der Waals surface area contributed by atoms with Crippen LogP contribution in [0.3, 0.4) is 0 Å². The van der Waals surface area contributed by atoms with Crippen LogP contribution in [0.1, 0.15) is 0 Å². The predicted molar refractivity (Wildman–Crippen MR) is 101 cm³/mol. The number of nitrogens with one attached hydrogen (secondary N) is 2. The molecule has 2 N–H and O–H groups in total. The van der Waals surface area contributed by atoms with E-state index < -0.39 is 0 Å². The number of hydrogen-bond donors (Lipinski definition) is 2. The minimum absolute atomic E-state index is 0.268. The van der Waals surface area contributed by atoms with Crippen LogP contribution >= 0.6 is 0 Å². The molecule has 0 bridgehead atoms. The van der Waals surface area contributed by atoms with Crippen molar-refractivity contribution in [3.05, 3.63) is 65.3 Å². The van der Waals surface area contributed by atoms with Crippen molar-refractivity contribution in [2.45, 2.75) is 0 Å². The van der Waals surface area contributed by atoms with E-state index in [-0.39, 0.29) is 5.69 Å². The second-order valence-electron chi connectivity index (χ2n) is 6.29. The Kier molecular flexibility index (Phi) is 2.82. The third kappa shape index (κ3) is 2.08. The molecule has 10 heteroatoms. The Morgan fingerprint density at radius 2 is 1.93 bits per heavy atom. The fourth-order valence-electron chi connectivity index (χ4n) is 3.23. The van der Waals surface area contributed by atoms with Crippen LogP contribution in [-0.4, -0.2) is 44.5 Å². The number of aromatic amines is 2. The first-order valence-electron chi connectivity index (χ1n) is 8.50. The Hall–Kier alpha value is -4.34. The first-order valence-corrected chi connectivity index (χ1v) is 8.50. The normalized spacial score (nSPS) is 11.7. The molecule has 0 aliphatic carbocycles. The molecule has 1 aromatic carbocycles. The molecule has 6 aromatic rings. The van der Waals surface area contributed by atoms with Crippen molar-refractivity contribution in [3.8, 4) is 17.1 Å². The molecule has 134 valence electrons. The Morgan fingerprint density at radius 3 is 2.86 bits per heavy atom. The molecular formula is C18H11N9O. The summed E-state index contributed by atoms with van der Waals surface area (Å²) in [6, 6.07) is 12.7. The Morgan fingerprint density at radius 1 is 1.00 bits per heavy atom. The van der Waals surface area contributed by atoms with Crippen molar-refractivity contribution in [1.82, 2.24) is 44.5 Å². The molecule has 6 rings (SSSR count). The van der Waals surface area contributed by atoms with Gasteiger partial charge in [-0.15, -0.1) is 5.10 Å². The minimum atomic E-state index is -0.268. The van der Waals surface area contributed by atoms with Gasteiger partial charge in [0.2, 0.25) is 0 Å². The number of pyridine rings is 2. The molecular weight excluding hydrogens is 358 g/mol. The van der Waals surface area contributed by atoms with Crippen LogP contribution in [0.25, 0.3) is 44.9 Å². The lowest BCUT2D eigenvalue weighted by Gasteiger charge is -1.97. The van der Waals surface area contributed by atoms with Crippen molar-refractivity contribution in [1.29, 1.82) is 0 Å². The zero-order chi connectivity index (χ0) is 18.7. The number of benzene rings is 1. The summed E-state index contributed by atoms with van der Waals surface area (Å²) in [7, 11) is 0. The average Bonchev–Trinajstić information content (AvgIpc) is 3.43. The predicted octanol–water partition coefficient (Wildman–Crippen LogP) is 1.69. The highest BCUT2D eigenvalue weighted by Crippen LogP contribution is 2.20. The van der Waals surface area contributed by atoms with E-state index in [4.69, 9.17) is 0 Å². The van der Waals surface area contributed by atoms with Crippen LogP contribution in [0, 0.1) is 0 Å². The van der Waals surface area contributed by atoms with Gasteiger partial charge in [-0.25, -0.2) is 19.2 Å². The molecule has 0 aliphatic heterocycles. The summed E-state index contributed by atoms with van der Waals surface area (Å²) in [5.74, 6) is 0.669. The van der Waals surface area contributed by atoms with E-state index >= 15 is 0 Å².